The van der Waals surface area contributed by atoms with Gasteiger partial charge in [-0.25, -0.2) is 13.1 Å². The predicted octanol–water partition coefficient (Wildman–Crippen LogP) is 0.347. The molecule has 140 valence electrons. The molecule has 0 aromatic heterocycles. The zero-order valence-corrected chi connectivity index (χ0v) is 15.7. The molecule has 0 heterocycles. The van der Waals surface area contributed by atoms with Gasteiger partial charge in [0.05, 0.1) is 24.6 Å². The fourth-order valence-corrected chi connectivity index (χ4v) is 2.90. The van der Waals surface area contributed by atoms with Gasteiger partial charge in [-0.15, -0.1) is 0 Å². The molecule has 8 nitrogen and oxygen atoms in total. The van der Waals surface area contributed by atoms with E-state index in [9.17, 15) is 18.0 Å². The number of likely N-dealkylation sites (N-methyl/N-ethyl adjacent to an activating group) is 1. The Balaban J connectivity index is 2.59. The number of rotatable bonds is 9. The molecule has 0 spiro atoms. The van der Waals surface area contributed by atoms with Crippen molar-refractivity contribution < 1.29 is 22.7 Å². The third-order valence-corrected chi connectivity index (χ3v) is 4.53. The van der Waals surface area contributed by atoms with Crippen LogP contribution in [0.5, 0.6) is 5.75 Å². The van der Waals surface area contributed by atoms with E-state index in [2.05, 4.69) is 10.0 Å². The summed E-state index contributed by atoms with van der Waals surface area (Å²) in [6.45, 7) is 5.36. The molecule has 0 bridgehead atoms. The highest BCUT2D eigenvalue weighted by molar-refractivity contribution is 7.89. The van der Waals surface area contributed by atoms with Gasteiger partial charge in [-0.3, -0.25) is 9.59 Å². The molecular weight excluding hydrogens is 346 g/mol. The highest BCUT2D eigenvalue weighted by Crippen LogP contribution is 2.15. The first-order valence-electron chi connectivity index (χ1n) is 7.91. The van der Waals surface area contributed by atoms with Gasteiger partial charge in [0.2, 0.25) is 21.8 Å². The number of carbonyl (C=O) groups excluding carboxylic acids is 2. The monoisotopic (exact) mass is 371 g/mol. The van der Waals surface area contributed by atoms with E-state index in [1.54, 1.807) is 12.1 Å². The second-order valence-corrected chi connectivity index (χ2v) is 7.47. The van der Waals surface area contributed by atoms with Gasteiger partial charge in [-0.1, -0.05) is 0 Å². The number of amides is 2. The Labute approximate surface area is 148 Å². The Morgan fingerprint density at radius 2 is 1.80 bits per heavy atom. The summed E-state index contributed by atoms with van der Waals surface area (Å²) in [4.78, 5) is 24.8. The number of nitrogens with one attached hydrogen (secondary N) is 2. The highest BCUT2D eigenvalue weighted by Gasteiger charge is 2.18. The van der Waals surface area contributed by atoms with E-state index < -0.39 is 22.5 Å². The standard InChI is InChI=1S/C16H25N3O5S/c1-5-24-13-6-8-14(9-7-13)25(22,23)17-10-16(21)19(4)11-15(20)18-12(2)3/h6-9,12,17H,5,10-11H2,1-4H3,(H,18,20). The molecule has 1 aromatic carbocycles. The Morgan fingerprint density at radius 3 is 2.32 bits per heavy atom. The van der Waals surface area contributed by atoms with Crippen LogP contribution in [0.3, 0.4) is 0 Å². The summed E-state index contributed by atoms with van der Waals surface area (Å²) in [5, 5.41) is 2.66. The lowest BCUT2D eigenvalue weighted by molar-refractivity contribution is -0.134. The van der Waals surface area contributed by atoms with E-state index in [0.29, 0.717) is 12.4 Å². The summed E-state index contributed by atoms with van der Waals surface area (Å²) in [5.41, 5.74) is 0. The zero-order chi connectivity index (χ0) is 19.0. The second-order valence-electron chi connectivity index (χ2n) is 5.70. The van der Waals surface area contributed by atoms with E-state index >= 15 is 0 Å². The van der Waals surface area contributed by atoms with Crippen LogP contribution in [-0.2, 0) is 19.6 Å². The summed E-state index contributed by atoms with van der Waals surface area (Å²) >= 11 is 0. The van der Waals surface area contributed by atoms with Gasteiger partial charge in [0.1, 0.15) is 5.75 Å². The fraction of sp³-hybridized carbons (Fsp3) is 0.500. The summed E-state index contributed by atoms with van der Waals surface area (Å²) in [5.74, 6) is -0.248. The van der Waals surface area contributed by atoms with Crippen LogP contribution in [0.1, 0.15) is 20.8 Å². The molecule has 2 amide bonds. The Morgan fingerprint density at radius 1 is 1.20 bits per heavy atom. The van der Waals surface area contributed by atoms with Crippen LogP contribution in [0.2, 0.25) is 0 Å². The first kappa shape index (κ1) is 20.9. The van der Waals surface area contributed by atoms with Gasteiger partial charge < -0.3 is 15.0 Å². The van der Waals surface area contributed by atoms with Crippen LogP contribution >= 0.6 is 0 Å². The lowest BCUT2D eigenvalue weighted by Gasteiger charge is -2.18. The van der Waals surface area contributed by atoms with Crippen molar-refractivity contribution in [1.82, 2.24) is 14.9 Å². The molecule has 9 heteroatoms. The third kappa shape index (κ3) is 7.10. The quantitative estimate of drug-likeness (QED) is 0.652. The van der Waals surface area contributed by atoms with Crippen molar-refractivity contribution in [3.8, 4) is 5.75 Å². The number of nitrogens with zero attached hydrogens (tertiary/aromatic N) is 1. The van der Waals surface area contributed by atoms with Crippen molar-refractivity contribution in [2.45, 2.75) is 31.7 Å². The minimum atomic E-state index is -3.82. The van der Waals surface area contributed by atoms with Gasteiger partial charge >= 0.3 is 0 Å². The topological polar surface area (TPSA) is 105 Å². The van der Waals surface area contributed by atoms with E-state index in [1.165, 1.54) is 24.1 Å². The van der Waals surface area contributed by atoms with Crippen LogP contribution in [0.15, 0.2) is 29.2 Å². The minimum Gasteiger partial charge on any atom is -0.494 e. The Kier molecular flexibility index (Phi) is 7.85. The fourth-order valence-electron chi connectivity index (χ4n) is 1.93. The molecule has 25 heavy (non-hydrogen) atoms. The maximum absolute atomic E-state index is 12.2. The predicted molar refractivity (Wildman–Crippen MR) is 93.7 cm³/mol. The Hall–Kier alpha value is -2.13. The summed E-state index contributed by atoms with van der Waals surface area (Å²) in [6.07, 6.45) is 0. The molecule has 0 aliphatic heterocycles. The van der Waals surface area contributed by atoms with Crippen LogP contribution in [0, 0.1) is 0 Å². The number of ether oxygens (including phenoxy) is 1. The Bertz CT molecular complexity index is 686. The van der Waals surface area contributed by atoms with Crippen LogP contribution in [0.4, 0.5) is 0 Å². The number of hydrogen-bond donors (Lipinski definition) is 2. The van der Waals surface area contributed by atoms with Crippen molar-refractivity contribution in [2.75, 3.05) is 26.7 Å². The van der Waals surface area contributed by atoms with E-state index in [-0.39, 0.29) is 23.4 Å². The smallest absolute Gasteiger partial charge is 0.241 e. The molecule has 0 unspecified atom stereocenters. The van der Waals surface area contributed by atoms with Crippen molar-refractivity contribution in [2.24, 2.45) is 0 Å². The second kappa shape index (κ2) is 9.38. The first-order chi connectivity index (χ1) is 11.7. The molecule has 1 aromatic rings. The number of sulfonamides is 1. The highest BCUT2D eigenvalue weighted by atomic mass is 32.2. The number of benzene rings is 1. The zero-order valence-electron chi connectivity index (χ0n) is 14.9. The average molecular weight is 371 g/mol. The van der Waals surface area contributed by atoms with Gasteiger partial charge in [-0.05, 0) is 45.0 Å². The summed E-state index contributed by atoms with van der Waals surface area (Å²) < 4.78 is 31.9. The largest absolute Gasteiger partial charge is 0.494 e. The lowest BCUT2D eigenvalue weighted by atomic mass is 10.3. The van der Waals surface area contributed by atoms with Crippen molar-refractivity contribution in [3.63, 3.8) is 0 Å². The van der Waals surface area contributed by atoms with Gasteiger partial charge in [0, 0.05) is 13.1 Å². The van der Waals surface area contributed by atoms with Gasteiger partial charge in [0.25, 0.3) is 0 Å². The maximum atomic E-state index is 12.2. The lowest BCUT2D eigenvalue weighted by Crippen LogP contribution is -2.44. The molecule has 0 fully saturated rings. The molecule has 0 radical (unpaired) electrons. The van der Waals surface area contributed by atoms with Crippen LogP contribution in [0.25, 0.3) is 0 Å². The number of hydrogen-bond acceptors (Lipinski definition) is 5. The molecule has 0 saturated carbocycles. The molecular formula is C16H25N3O5S. The maximum Gasteiger partial charge on any atom is 0.241 e. The van der Waals surface area contributed by atoms with Gasteiger partial charge in [-0.2, -0.15) is 0 Å². The normalized spacial score (nSPS) is 11.2. The molecule has 2 N–H and O–H groups in total. The van der Waals surface area contributed by atoms with Gasteiger partial charge in [0.15, 0.2) is 0 Å². The molecule has 0 aliphatic carbocycles. The summed E-state index contributed by atoms with van der Waals surface area (Å²) in [6, 6.07) is 5.86. The van der Waals surface area contributed by atoms with Crippen molar-refractivity contribution >= 4 is 21.8 Å². The average Bonchev–Trinajstić information content (AvgIpc) is 2.52. The van der Waals surface area contributed by atoms with Crippen molar-refractivity contribution in [3.05, 3.63) is 24.3 Å². The minimum absolute atomic E-state index is 0.0314. The summed E-state index contributed by atoms with van der Waals surface area (Å²) in [7, 11) is -2.38. The third-order valence-electron chi connectivity index (χ3n) is 3.11. The van der Waals surface area contributed by atoms with Crippen LogP contribution in [-0.4, -0.2) is 57.9 Å². The first-order valence-corrected chi connectivity index (χ1v) is 9.40. The molecule has 0 saturated heterocycles. The molecule has 1 rings (SSSR count). The van der Waals surface area contributed by atoms with E-state index in [0.717, 1.165) is 0 Å². The van der Waals surface area contributed by atoms with E-state index in [1.807, 2.05) is 20.8 Å². The van der Waals surface area contributed by atoms with Crippen LogP contribution < -0.4 is 14.8 Å². The van der Waals surface area contributed by atoms with Crippen molar-refractivity contribution in [1.29, 1.82) is 0 Å². The number of carbonyl (C=O) groups is 2. The van der Waals surface area contributed by atoms with E-state index in [4.69, 9.17) is 4.74 Å². The SMILES string of the molecule is CCOc1ccc(S(=O)(=O)NCC(=O)N(C)CC(=O)NC(C)C)cc1. The molecule has 0 aliphatic rings. The molecule has 0 atom stereocenters.